The van der Waals surface area contributed by atoms with Gasteiger partial charge in [-0.1, -0.05) is 12.1 Å². The molecule has 0 aliphatic carbocycles. The lowest BCUT2D eigenvalue weighted by Gasteiger charge is -2.09. The molecule has 2 aromatic rings. The zero-order chi connectivity index (χ0) is 14.4. The Kier molecular flexibility index (Phi) is 5.09. The molecule has 2 N–H and O–H groups in total. The molecule has 0 radical (unpaired) electrons. The molecule has 0 fully saturated rings. The Labute approximate surface area is 118 Å². The maximum absolute atomic E-state index is 13.5. The molecule has 0 unspecified atom stereocenters. The summed E-state index contributed by atoms with van der Waals surface area (Å²) in [6.07, 6.45) is 0. The second kappa shape index (κ2) is 7.03. The molecular formula is C16H18FNO2. The molecule has 0 atom stereocenters. The van der Waals surface area contributed by atoms with Crippen LogP contribution in [0.1, 0.15) is 5.56 Å². The van der Waals surface area contributed by atoms with Crippen LogP contribution in [0.4, 0.5) is 4.39 Å². The van der Waals surface area contributed by atoms with Gasteiger partial charge in [0.1, 0.15) is 18.2 Å². The largest absolute Gasteiger partial charge is 0.491 e. The molecule has 2 aromatic carbocycles. The second-order valence-corrected chi connectivity index (χ2v) is 4.42. The van der Waals surface area contributed by atoms with E-state index in [-0.39, 0.29) is 5.82 Å². The fourth-order valence-electron chi connectivity index (χ4n) is 1.94. The normalized spacial score (nSPS) is 10.6. The second-order valence-electron chi connectivity index (χ2n) is 4.42. The Hall–Kier alpha value is -1.91. The average molecular weight is 275 g/mol. The lowest BCUT2D eigenvalue weighted by molar-refractivity contribution is 0.146. The minimum Gasteiger partial charge on any atom is -0.491 e. The van der Waals surface area contributed by atoms with E-state index in [9.17, 15) is 4.39 Å². The van der Waals surface area contributed by atoms with Crippen molar-refractivity contribution in [3.05, 3.63) is 53.8 Å². The molecule has 3 nitrogen and oxygen atoms in total. The summed E-state index contributed by atoms with van der Waals surface area (Å²) >= 11 is 0. The molecule has 20 heavy (non-hydrogen) atoms. The summed E-state index contributed by atoms with van der Waals surface area (Å²) in [5.74, 6) is 0.451. The fraction of sp³-hybridized carbons (Fsp3) is 0.250. The number of rotatable bonds is 6. The molecule has 0 aromatic heterocycles. The molecule has 0 aliphatic rings. The van der Waals surface area contributed by atoms with Crippen LogP contribution >= 0.6 is 0 Å². The molecule has 106 valence electrons. The maximum atomic E-state index is 13.5. The fourth-order valence-corrected chi connectivity index (χ4v) is 1.94. The predicted molar refractivity (Wildman–Crippen MR) is 77.1 cm³/mol. The lowest BCUT2D eigenvalue weighted by atomic mass is 10.0. The maximum Gasteiger partial charge on any atom is 0.124 e. The summed E-state index contributed by atoms with van der Waals surface area (Å²) in [4.78, 5) is 0. The molecule has 0 amide bonds. The molecule has 0 heterocycles. The lowest BCUT2D eigenvalue weighted by Crippen LogP contribution is -2.04. The van der Waals surface area contributed by atoms with Crippen LogP contribution < -0.4 is 10.5 Å². The molecule has 0 aliphatic heterocycles. The number of methoxy groups -OCH3 is 1. The van der Waals surface area contributed by atoms with Gasteiger partial charge in [-0.2, -0.15) is 0 Å². The highest BCUT2D eigenvalue weighted by Crippen LogP contribution is 2.25. The molecule has 0 spiro atoms. The van der Waals surface area contributed by atoms with E-state index in [1.807, 2.05) is 30.3 Å². The Morgan fingerprint density at radius 3 is 2.65 bits per heavy atom. The van der Waals surface area contributed by atoms with Crippen LogP contribution in [0.15, 0.2) is 42.5 Å². The van der Waals surface area contributed by atoms with Crippen molar-refractivity contribution in [1.82, 2.24) is 0 Å². The van der Waals surface area contributed by atoms with Gasteiger partial charge < -0.3 is 15.2 Å². The van der Waals surface area contributed by atoms with Crippen molar-refractivity contribution in [2.75, 3.05) is 20.3 Å². The van der Waals surface area contributed by atoms with Crippen molar-refractivity contribution in [2.24, 2.45) is 5.73 Å². The van der Waals surface area contributed by atoms with Crippen molar-refractivity contribution in [3.8, 4) is 16.9 Å². The van der Waals surface area contributed by atoms with Gasteiger partial charge in [-0.3, -0.25) is 0 Å². The Bertz CT molecular complexity index is 572. The minimum atomic E-state index is -0.284. The van der Waals surface area contributed by atoms with E-state index >= 15 is 0 Å². The van der Waals surface area contributed by atoms with Crippen LogP contribution in [0.3, 0.4) is 0 Å². The van der Waals surface area contributed by atoms with E-state index in [1.165, 1.54) is 12.1 Å². The molecule has 4 heteroatoms. The Morgan fingerprint density at radius 1 is 1.05 bits per heavy atom. The minimum absolute atomic E-state index is 0.284. The molecule has 2 rings (SSSR count). The molecule has 0 saturated carbocycles. The Morgan fingerprint density at radius 2 is 1.90 bits per heavy atom. The van der Waals surface area contributed by atoms with Crippen molar-refractivity contribution >= 4 is 0 Å². The highest BCUT2D eigenvalue weighted by molar-refractivity contribution is 5.66. The summed E-state index contributed by atoms with van der Waals surface area (Å²) in [7, 11) is 1.63. The monoisotopic (exact) mass is 275 g/mol. The van der Waals surface area contributed by atoms with Crippen LogP contribution in [0, 0.1) is 5.82 Å². The Balaban J connectivity index is 2.24. The standard InChI is InChI=1S/C16H18FNO2/c1-19-5-6-20-16-4-2-3-13(10-16)14-7-12(11-18)8-15(17)9-14/h2-4,7-10H,5-6,11,18H2,1H3. The topological polar surface area (TPSA) is 44.5 Å². The number of ether oxygens (including phenoxy) is 2. The molecule has 0 bridgehead atoms. The number of halogens is 1. The quantitative estimate of drug-likeness (QED) is 0.824. The van der Waals surface area contributed by atoms with Gasteiger partial charge in [0.05, 0.1) is 6.61 Å². The van der Waals surface area contributed by atoms with E-state index in [0.29, 0.717) is 19.8 Å². The SMILES string of the molecule is COCCOc1cccc(-c2cc(F)cc(CN)c2)c1. The van der Waals surface area contributed by atoms with Crippen LogP contribution in [0.25, 0.3) is 11.1 Å². The first kappa shape index (κ1) is 14.5. The third kappa shape index (κ3) is 3.79. The van der Waals surface area contributed by atoms with Crippen LogP contribution in [-0.4, -0.2) is 20.3 Å². The van der Waals surface area contributed by atoms with Gasteiger partial charge in [0.15, 0.2) is 0 Å². The van der Waals surface area contributed by atoms with Crippen LogP contribution in [-0.2, 0) is 11.3 Å². The first-order valence-electron chi connectivity index (χ1n) is 6.44. The van der Waals surface area contributed by atoms with Gasteiger partial charge >= 0.3 is 0 Å². The highest BCUT2D eigenvalue weighted by atomic mass is 19.1. The van der Waals surface area contributed by atoms with Gasteiger partial charge in [0, 0.05) is 13.7 Å². The molecule has 0 saturated heterocycles. The third-order valence-corrected chi connectivity index (χ3v) is 2.92. The summed E-state index contributed by atoms with van der Waals surface area (Å²) < 4.78 is 24.0. The van der Waals surface area contributed by atoms with E-state index in [1.54, 1.807) is 7.11 Å². The highest BCUT2D eigenvalue weighted by Gasteiger charge is 2.04. The summed E-state index contributed by atoms with van der Waals surface area (Å²) in [5, 5.41) is 0. The van der Waals surface area contributed by atoms with Gasteiger partial charge in [-0.25, -0.2) is 4.39 Å². The number of benzene rings is 2. The zero-order valence-corrected chi connectivity index (χ0v) is 11.4. The first-order valence-corrected chi connectivity index (χ1v) is 6.44. The van der Waals surface area contributed by atoms with E-state index in [2.05, 4.69) is 0 Å². The van der Waals surface area contributed by atoms with Crippen LogP contribution in [0.2, 0.25) is 0 Å². The summed E-state index contributed by atoms with van der Waals surface area (Å²) in [6, 6.07) is 12.4. The van der Waals surface area contributed by atoms with Crippen molar-refractivity contribution in [3.63, 3.8) is 0 Å². The van der Waals surface area contributed by atoms with Crippen molar-refractivity contribution in [2.45, 2.75) is 6.54 Å². The van der Waals surface area contributed by atoms with E-state index in [4.69, 9.17) is 15.2 Å². The third-order valence-electron chi connectivity index (χ3n) is 2.92. The average Bonchev–Trinajstić information content (AvgIpc) is 2.47. The number of hydrogen-bond donors (Lipinski definition) is 1. The predicted octanol–water partition coefficient (Wildman–Crippen LogP) is 2.98. The van der Waals surface area contributed by atoms with Crippen LogP contribution in [0.5, 0.6) is 5.75 Å². The zero-order valence-electron chi connectivity index (χ0n) is 11.4. The number of hydrogen-bond acceptors (Lipinski definition) is 3. The summed E-state index contributed by atoms with van der Waals surface area (Å²) in [6.45, 7) is 1.33. The number of nitrogens with two attached hydrogens (primary N) is 1. The van der Waals surface area contributed by atoms with Crippen molar-refractivity contribution in [1.29, 1.82) is 0 Å². The van der Waals surface area contributed by atoms with Gasteiger partial charge in [-0.05, 0) is 47.0 Å². The van der Waals surface area contributed by atoms with E-state index < -0.39 is 0 Å². The van der Waals surface area contributed by atoms with Gasteiger partial charge in [0.25, 0.3) is 0 Å². The first-order chi connectivity index (χ1) is 9.72. The van der Waals surface area contributed by atoms with E-state index in [0.717, 1.165) is 22.4 Å². The van der Waals surface area contributed by atoms with Crippen molar-refractivity contribution < 1.29 is 13.9 Å². The van der Waals surface area contributed by atoms with Gasteiger partial charge in [0.2, 0.25) is 0 Å². The summed E-state index contributed by atoms with van der Waals surface area (Å²) in [5.41, 5.74) is 8.03. The van der Waals surface area contributed by atoms with Gasteiger partial charge in [-0.15, -0.1) is 0 Å². The molecular weight excluding hydrogens is 257 g/mol. The smallest absolute Gasteiger partial charge is 0.124 e.